The van der Waals surface area contributed by atoms with Gasteiger partial charge in [0.05, 0.1) is 17.4 Å². The molecule has 0 bridgehead atoms. The van der Waals surface area contributed by atoms with Gasteiger partial charge >= 0.3 is 0 Å². The molecule has 0 saturated heterocycles. The van der Waals surface area contributed by atoms with Crippen LogP contribution in [0.15, 0.2) is 166 Å². The van der Waals surface area contributed by atoms with Gasteiger partial charge in [-0.05, 0) is 161 Å². The van der Waals surface area contributed by atoms with Crippen LogP contribution in [-0.4, -0.2) is 17.5 Å². The van der Waals surface area contributed by atoms with E-state index in [-0.39, 0.29) is 50.0 Å². The third-order valence-electron chi connectivity index (χ3n) is 19.2. The fourth-order valence-corrected chi connectivity index (χ4v) is 15.3. The third-order valence-corrected chi connectivity index (χ3v) is 20.9. The van der Waals surface area contributed by atoms with E-state index >= 15 is 0 Å². The van der Waals surface area contributed by atoms with E-state index in [1.54, 1.807) is 0 Å². The topological polar surface area (TPSA) is 22.9 Å². The number of allylic oxidation sites excluding steroid dienone is 1. The minimum Gasteiger partial charge on any atom is -0.472 e. The number of anilines is 6. The van der Waals surface area contributed by atoms with Crippen molar-refractivity contribution in [3.63, 3.8) is 0 Å². The Hall–Kier alpha value is -6.11. The lowest BCUT2D eigenvalue weighted by Gasteiger charge is -2.58. The zero-order valence-corrected chi connectivity index (χ0v) is 51.0. The van der Waals surface area contributed by atoms with Crippen LogP contribution in [-0.2, 0) is 32.5 Å². The normalized spacial score (nSPS) is 20.5. The Morgan fingerprint density at radius 3 is 1.55 bits per heavy atom. The largest absolute Gasteiger partial charge is 0.472 e. The van der Waals surface area contributed by atoms with Crippen molar-refractivity contribution in [2.75, 3.05) is 14.7 Å². The van der Waals surface area contributed by atoms with E-state index in [4.69, 9.17) is 4.42 Å². The zero-order valence-electron chi connectivity index (χ0n) is 50.2. The maximum atomic E-state index is 7.95. The summed E-state index contributed by atoms with van der Waals surface area (Å²) in [4.78, 5) is 9.34. The Morgan fingerprint density at radius 1 is 0.551 bits per heavy atom. The van der Waals surface area contributed by atoms with Crippen LogP contribution >= 0.6 is 11.8 Å². The lowest BCUT2D eigenvalue weighted by molar-refractivity contribution is 0.421. The molecule has 3 aliphatic heterocycles. The number of fused-ring (bicyclic) bond motifs is 10. The summed E-state index contributed by atoms with van der Waals surface area (Å²) in [5.74, 6) is 1.06. The van der Waals surface area contributed by atoms with Crippen LogP contribution in [0.4, 0.5) is 34.1 Å². The van der Waals surface area contributed by atoms with E-state index in [2.05, 4.69) is 304 Å². The van der Waals surface area contributed by atoms with Crippen molar-refractivity contribution < 1.29 is 4.42 Å². The predicted octanol–water partition coefficient (Wildman–Crippen LogP) is 18.6. The molecule has 0 fully saturated rings. The Bertz CT molecular complexity index is 3560. The molecule has 2 atom stereocenters. The van der Waals surface area contributed by atoms with E-state index in [0.717, 1.165) is 39.9 Å². The first-order valence-electron chi connectivity index (χ1n) is 28.7. The van der Waals surface area contributed by atoms with Crippen LogP contribution in [0.5, 0.6) is 0 Å². The van der Waals surface area contributed by atoms with Crippen molar-refractivity contribution in [3.05, 3.63) is 196 Å². The summed E-state index contributed by atoms with van der Waals surface area (Å²) in [5.41, 5.74) is 21.9. The molecular formula is C72H82BN3OS. The first-order valence-corrected chi connectivity index (χ1v) is 29.6. The number of nitrogens with zero attached hydrogens (tertiary/aromatic N) is 3. The summed E-state index contributed by atoms with van der Waals surface area (Å²) in [7, 11) is 0. The van der Waals surface area contributed by atoms with Gasteiger partial charge in [0.2, 0.25) is 0 Å². The van der Waals surface area contributed by atoms with Crippen molar-refractivity contribution in [2.45, 2.75) is 185 Å². The second-order valence-corrected chi connectivity index (χ2v) is 30.9. The molecule has 0 radical (unpaired) electrons. The number of benzene rings is 6. The summed E-state index contributed by atoms with van der Waals surface area (Å²) in [5, 5.41) is -0.575. The van der Waals surface area contributed by atoms with Crippen LogP contribution in [0.2, 0.25) is 5.31 Å². The second-order valence-electron chi connectivity index (χ2n) is 29.3. The number of hydrogen-bond donors (Lipinski definition) is 0. The average Bonchev–Trinajstić information content (AvgIpc) is 2.47. The first kappa shape index (κ1) is 52.6. The average molecular weight is 1050 g/mol. The standard InChI is InChI=1S/C72H82BN3OS/c1-65(2,3)44-24-32-48(33-25-44)74(49-34-26-45(27-35-49)66(4,5)6)52-42-57-72(19)58(43-52)76(51-38-30-47(31-39-51)68(10,11)12)61-59-53-22-20-21-23-54(53)69(13,14)63(59)77-64(61)73(72)60-56(41-40-55-62(60)78-71(17,18)70(55,15)16)75(57)50-36-28-46(29-37-50)67(7,8)9/h20-43,58H,1-19H3. The predicted molar refractivity (Wildman–Crippen MR) is 336 cm³/mol. The molecule has 4 nitrogen and oxygen atoms in total. The summed E-state index contributed by atoms with van der Waals surface area (Å²) >= 11 is 2.08. The monoisotopic (exact) mass is 1050 g/mol. The van der Waals surface area contributed by atoms with Crippen molar-refractivity contribution in [1.82, 2.24) is 0 Å². The van der Waals surface area contributed by atoms with Gasteiger partial charge in [-0.1, -0.05) is 183 Å². The zero-order chi connectivity index (χ0) is 55.8. The second kappa shape index (κ2) is 17.0. The highest BCUT2D eigenvalue weighted by atomic mass is 32.2. The molecule has 6 aromatic carbocycles. The van der Waals surface area contributed by atoms with Crippen LogP contribution in [0.25, 0.3) is 11.1 Å². The highest BCUT2D eigenvalue weighted by molar-refractivity contribution is 8.01. The van der Waals surface area contributed by atoms with Crippen LogP contribution in [0, 0.1) is 0 Å². The molecule has 78 heavy (non-hydrogen) atoms. The maximum absolute atomic E-state index is 7.95. The maximum Gasteiger partial charge on any atom is 0.276 e. The van der Waals surface area contributed by atoms with Crippen LogP contribution in [0.1, 0.15) is 171 Å². The van der Waals surface area contributed by atoms with Gasteiger partial charge < -0.3 is 19.1 Å². The molecule has 1 aromatic heterocycles. The van der Waals surface area contributed by atoms with E-state index in [0.29, 0.717) is 0 Å². The molecule has 2 aliphatic carbocycles. The van der Waals surface area contributed by atoms with Gasteiger partial charge in [-0.2, -0.15) is 0 Å². The minimum atomic E-state index is -0.575. The Labute approximate surface area is 472 Å². The quantitative estimate of drug-likeness (QED) is 0.160. The lowest BCUT2D eigenvalue weighted by Crippen LogP contribution is -2.68. The highest BCUT2D eigenvalue weighted by Gasteiger charge is 2.65. The molecule has 0 saturated carbocycles. The van der Waals surface area contributed by atoms with Gasteiger partial charge in [-0.15, -0.1) is 11.8 Å². The van der Waals surface area contributed by atoms with Crippen LogP contribution < -0.4 is 25.8 Å². The van der Waals surface area contributed by atoms with Crippen molar-refractivity contribution in [3.8, 4) is 11.1 Å². The van der Waals surface area contributed by atoms with Gasteiger partial charge in [-0.25, -0.2) is 0 Å². The SMILES string of the molecule is CC(C)(C)c1ccc(N(C2=CC3N(c4ccc(C(C)(C)C)cc4)c4c(oc5c4-c4ccccc4C5(C)C)B4c5c(ccc6c5SC(C)(C)C6(C)C)N(c5ccc(C(C)(C)C)cc5)C(=C2)C43C)c2ccc(C(C)(C)C)cc2)cc1. The highest BCUT2D eigenvalue weighted by Crippen LogP contribution is 2.66. The molecule has 6 heteroatoms. The van der Waals surface area contributed by atoms with Crippen molar-refractivity contribution in [2.24, 2.45) is 0 Å². The van der Waals surface area contributed by atoms with Gasteiger partial charge in [0.1, 0.15) is 5.76 Å². The number of furan rings is 1. The summed E-state index contributed by atoms with van der Waals surface area (Å²) in [6, 6.07) is 51.7. The third kappa shape index (κ3) is 7.68. The lowest BCUT2D eigenvalue weighted by atomic mass is 9.23. The molecule has 5 aliphatic rings. The Balaban J connectivity index is 1.23. The summed E-state index contributed by atoms with van der Waals surface area (Å²) < 4.78 is 7.89. The van der Waals surface area contributed by atoms with Crippen molar-refractivity contribution >= 4 is 63.7 Å². The van der Waals surface area contributed by atoms with Crippen LogP contribution in [0.3, 0.4) is 0 Å². The molecule has 0 N–H and O–H groups in total. The molecule has 2 unspecified atom stereocenters. The first-order chi connectivity index (χ1) is 36.3. The smallest absolute Gasteiger partial charge is 0.276 e. The van der Waals surface area contributed by atoms with Gasteiger partial charge in [0.15, 0.2) is 0 Å². The fraction of sp³-hybridized carbons (Fsp3) is 0.389. The molecular weight excluding hydrogens is 966 g/mol. The summed E-state index contributed by atoms with van der Waals surface area (Å²) in [6.07, 6.45) is 5.21. The molecule has 0 spiro atoms. The Morgan fingerprint density at radius 2 is 1.04 bits per heavy atom. The number of thioether (sulfide) groups is 1. The van der Waals surface area contributed by atoms with Gasteiger partial charge in [0.25, 0.3) is 6.71 Å². The van der Waals surface area contributed by atoms with E-state index in [1.807, 2.05) is 0 Å². The minimum absolute atomic E-state index is 0.00290. The number of hydrogen-bond acceptors (Lipinski definition) is 5. The van der Waals surface area contributed by atoms with E-state index < -0.39 is 5.31 Å². The molecule has 4 heterocycles. The van der Waals surface area contributed by atoms with Gasteiger partial charge in [0, 0.05) is 71.2 Å². The molecule has 0 amide bonds. The molecule has 400 valence electrons. The molecule has 12 rings (SSSR count). The van der Waals surface area contributed by atoms with E-state index in [1.165, 1.54) is 71.9 Å². The van der Waals surface area contributed by atoms with E-state index in [9.17, 15) is 0 Å². The number of rotatable bonds is 5. The van der Waals surface area contributed by atoms with Crippen molar-refractivity contribution in [1.29, 1.82) is 0 Å². The Kier molecular flexibility index (Phi) is 11.4. The van der Waals surface area contributed by atoms with Gasteiger partial charge in [-0.3, -0.25) is 0 Å². The molecule has 7 aromatic rings. The summed E-state index contributed by atoms with van der Waals surface area (Å²) in [6.45, 7) is 44.8. The fourth-order valence-electron chi connectivity index (χ4n) is 13.7.